The molecule has 0 saturated carbocycles. The van der Waals surface area contributed by atoms with Crippen molar-refractivity contribution in [1.29, 1.82) is 0 Å². The van der Waals surface area contributed by atoms with Crippen molar-refractivity contribution >= 4 is 0 Å². The molecule has 11 heteroatoms. The highest BCUT2D eigenvalue weighted by molar-refractivity contribution is 4.63. The van der Waals surface area contributed by atoms with Crippen LogP contribution in [0.3, 0.4) is 0 Å². The Balaban J connectivity index is 4.50. The smallest absolute Gasteiger partial charge is 0.332 e. The minimum atomic E-state index is -5.41. The lowest BCUT2D eigenvalue weighted by Gasteiger charge is -2.24. The van der Waals surface area contributed by atoms with E-state index in [2.05, 4.69) is 9.47 Å². The number of aliphatic hydroxyl groups is 1. The molecule has 0 bridgehead atoms. The van der Waals surface area contributed by atoms with E-state index in [0.717, 1.165) is 0 Å². The molecule has 0 amide bonds. The van der Waals surface area contributed by atoms with Gasteiger partial charge in [-0.25, -0.2) is 17.6 Å². The first kappa shape index (κ1) is 16.3. The molecule has 2 unspecified atom stereocenters. The van der Waals surface area contributed by atoms with E-state index in [1.807, 2.05) is 0 Å². The molecular formula is C6H6F8O3. The van der Waals surface area contributed by atoms with Crippen LogP contribution < -0.4 is 0 Å². The van der Waals surface area contributed by atoms with Crippen LogP contribution in [0.15, 0.2) is 0 Å². The van der Waals surface area contributed by atoms with Crippen molar-refractivity contribution in [2.75, 3.05) is 0 Å². The van der Waals surface area contributed by atoms with Gasteiger partial charge in [-0.1, -0.05) is 0 Å². The molecule has 0 aromatic rings. The summed E-state index contributed by atoms with van der Waals surface area (Å²) in [7, 11) is 0. The number of hydrogen-bond acceptors (Lipinski definition) is 3. The Morgan fingerprint density at radius 3 is 1.53 bits per heavy atom. The molecule has 2 atom stereocenters. The normalized spacial score (nSPS) is 18.0. The van der Waals surface area contributed by atoms with Crippen LogP contribution in [-0.4, -0.2) is 36.1 Å². The topological polar surface area (TPSA) is 38.7 Å². The van der Waals surface area contributed by atoms with Crippen molar-refractivity contribution in [2.24, 2.45) is 0 Å². The van der Waals surface area contributed by atoms with E-state index >= 15 is 0 Å². The first-order valence-electron chi connectivity index (χ1n) is 3.75. The molecule has 3 nitrogen and oxygen atoms in total. The maximum atomic E-state index is 12.3. The lowest BCUT2D eigenvalue weighted by molar-refractivity contribution is -0.480. The summed E-state index contributed by atoms with van der Waals surface area (Å²) in [5.41, 5.74) is 0. The van der Waals surface area contributed by atoms with Crippen molar-refractivity contribution in [2.45, 2.75) is 38.0 Å². The van der Waals surface area contributed by atoms with Gasteiger partial charge < -0.3 is 5.11 Å². The van der Waals surface area contributed by atoms with Gasteiger partial charge in [-0.15, -0.1) is 8.78 Å². The van der Waals surface area contributed by atoms with Crippen molar-refractivity contribution in [3.8, 4) is 0 Å². The Labute approximate surface area is 88.9 Å². The number of hydrogen-bond donors (Lipinski definition) is 1. The quantitative estimate of drug-likeness (QED) is 0.599. The van der Waals surface area contributed by atoms with Crippen LogP contribution in [0.25, 0.3) is 0 Å². The standard InChI is InChI=1S/C6H6F8O3/c1-4(9,10)2(7)16-6(13,14)17-3(8)5(11,12)15/h2-3,15H,1H3. The molecule has 0 saturated heterocycles. The Morgan fingerprint density at radius 1 is 0.882 bits per heavy atom. The van der Waals surface area contributed by atoms with Gasteiger partial charge in [0.1, 0.15) is 0 Å². The minimum absolute atomic E-state index is 0.151. The van der Waals surface area contributed by atoms with Crippen LogP contribution in [0.2, 0.25) is 0 Å². The predicted octanol–water partition coefficient (Wildman–Crippen LogP) is 2.40. The summed E-state index contributed by atoms with van der Waals surface area (Å²) < 4.78 is 101. The van der Waals surface area contributed by atoms with Gasteiger partial charge in [0.25, 0.3) is 18.6 Å². The molecule has 0 rings (SSSR count). The summed E-state index contributed by atoms with van der Waals surface area (Å²) in [5.74, 6) is -4.39. The van der Waals surface area contributed by atoms with Crippen LogP contribution in [0.4, 0.5) is 35.1 Å². The first-order valence-corrected chi connectivity index (χ1v) is 3.75. The molecule has 0 aliphatic carbocycles. The largest absolute Gasteiger partial charge is 0.491 e. The fourth-order valence-electron chi connectivity index (χ4n) is 0.443. The second-order valence-corrected chi connectivity index (χ2v) is 2.88. The van der Waals surface area contributed by atoms with Crippen molar-refractivity contribution in [3.63, 3.8) is 0 Å². The molecule has 0 aliphatic heterocycles. The molecule has 104 valence electrons. The second-order valence-electron chi connectivity index (χ2n) is 2.88. The third kappa shape index (κ3) is 5.98. The maximum absolute atomic E-state index is 12.3. The summed E-state index contributed by atoms with van der Waals surface area (Å²) >= 11 is 0. The molecule has 0 aliphatic rings. The Bertz CT molecular complexity index is 223. The highest BCUT2D eigenvalue weighted by Gasteiger charge is 2.51. The first-order chi connectivity index (χ1) is 7.26. The zero-order valence-corrected chi connectivity index (χ0v) is 7.94. The highest BCUT2D eigenvalue weighted by atomic mass is 19.3. The summed E-state index contributed by atoms with van der Waals surface area (Å²) in [4.78, 5) is 0. The predicted molar refractivity (Wildman–Crippen MR) is 34.7 cm³/mol. The zero-order chi connectivity index (χ0) is 14.1. The maximum Gasteiger partial charge on any atom is 0.491 e. The van der Waals surface area contributed by atoms with Crippen LogP contribution in [0.1, 0.15) is 6.92 Å². The Hall–Kier alpha value is -0.680. The molecule has 0 radical (unpaired) electrons. The average molecular weight is 278 g/mol. The van der Waals surface area contributed by atoms with Crippen molar-refractivity contribution < 1.29 is 49.7 Å². The van der Waals surface area contributed by atoms with E-state index in [4.69, 9.17) is 5.11 Å². The van der Waals surface area contributed by atoms with E-state index in [1.54, 1.807) is 0 Å². The molecule has 17 heavy (non-hydrogen) atoms. The summed E-state index contributed by atoms with van der Waals surface area (Å²) in [6.07, 6.45) is -18.9. The minimum Gasteiger partial charge on any atom is -0.332 e. The summed E-state index contributed by atoms with van der Waals surface area (Å²) in [5, 5.41) is 7.58. The Morgan fingerprint density at radius 2 is 1.24 bits per heavy atom. The highest BCUT2D eigenvalue weighted by Crippen LogP contribution is 2.32. The SMILES string of the molecule is CC(F)(F)C(F)OC(F)(F)OC(F)C(O)(F)F. The molecule has 1 N–H and O–H groups in total. The van der Waals surface area contributed by atoms with Crippen molar-refractivity contribution in [1.82, 2.24) is 0 Å². The number of alkyl halides is 8. The van der Waals surface area contributed by atoms with E-state index in [0.29, 0.717) is 0 Å². The molecule has 0 aromatic heterocycles. The van der Waals surface area contributed by atoms with Gasteiger partial charge in [-0.3, -0.25) is 9.47 Å². The average Bonchev–Trinajstić information content (AvgIpc) is 1.97. The van der Waals surface area contributed by atoms with Crippen LogP contribution >= 0.6 is 0 Å². The van der Waals surface area contributed by atoms with Gasteiger partial charge in [0.2, 0.25) is 0 Å². The molecule has 0 fully saturated rings. The fourth-order valence-corrected chi connectivity index (χ4v) is 0.443. The second kappa shape index (κ2) is 4.90. The third-order valence-electron chi connectivity index (χ3n) is 1.15. The monoisotopic (exact) mass is 278 g/mol. The van der Waals surface area contributed by atoms with Gasteiger partial charge in [-0.05, 0) is 0 Å². The van der Waals surface area contributed by atoms with Gasteiger partial charge in [0.05, 0.1) is 0 Å². The van der Waals surface area contributed by atoms with Gasteiger partial charge in [0.15, 0.2) is 0 Å². The summed E-state index contributed by atoms with van der Waals surface area (Å²) in [6, 6.07) is 0. The fraction of sp³-hybridized carbons (Fsp3) is 1.00. The lowest BCUT2D eigenvalue weighted by atomic mass is 10.4. The van der Waals surface area contributed by atoms with E-state index in [-0.39, 0.29) is 6.92 Å². The molecule has 0 spiro atoms. The Kier molecular flexibility index (Phi) is 4.70. The third-order valence-corrected chi connectivity index (χ3v) is 1.15. The van der Waals surface area contributed by atoms with Gasteiger partial charge in [0, 0.05) is 6.92 Å². The van der Waals surface area contributed by atoms with Gasteiger partial charge in [-0.2, -0.15) is 8.78 Å². The molecule has 0 aromatic carbocycles. The summed E-state index contributed by atoms with van der Waals surface area (Å²) in [6.45, 7) is -0.151. The number of halogens is 8. The van der Waals surface area contributed by atoms with Crippen LogP contribution in [0, 0.1) is 0 Å². The van der Waals surface area contributed by atoms with E-state index < -0.39 is 31.0 Å². The van der Waals surface area contributed by atoms with Gasteiger partial charge >= 0.3 is 12.4 Å². The molecule has 0 heterocycles. The van der Waals surface area contributed by atoms with Crippen molar-refractivity contribution in [3.05, 3.63) is 0 Å². The lowest BCUT2D eigenvalue weighted by Crippen LogP contribution is -2.43. The van der Waals surface area contributed by atoms with E-state index in [9.17, 15) is 35.1 Å². The number of rotatable bonds is 6. The van der Waals surface area contributed by atoms with Crippen LogP contribution in [0.5, 0.6) is 0 Å². The van der Waals surface area contributed by atoms with E-state index in [1.165, 1.54) is 0 Å². The molecular weight excluding hydrogens is 272 g/mol. The zero-order valence-electron chi connectivity index (χ0n) is 7.94. The number of ether oxygens (including phenoxy) is 2. The van der Waals surface area contributed by atoms with Crippen LogP contribution in [-0.2, 0) is 9.47 Å².